The van der Waals surface area contributed by atoms with E-state index in [9.17, 15) is 18.0 Å². The minimum Gasteiger partial charge on any atom is -0.324 e. The Hall–Kier alpha value is -1.45. The van der Waals surface area contributed by atoms with Crippen LogP contribution in [0, 0.1) is 0 Å². The maximum atomic E-state index is 12.7. The monoisotopic (exact) mass is 387 g/mol. The van der Waals surface area contributed by atoms with Gasteiger partial charge in [-0.2, -0.15) is 4.31 Å². The van der Waals surface area contributed by atoms with Crippen molar-refractivity contribution in [2.45, 2.75) is 6.04 Å². The number of benzene rings is 1. The molecule has 22 heavy (non-hydrogen) atoms. The molecule has 0 aromatic heterocycles. The molecule has 1 N–H and O–H groups in total. The summed E-state index contributed by atoms with van der Waals surface area (Å²) in [5.41, 5.74) is 0.844. The number of rotatable bonds is 1. The molecule has 2 aliphatic heterocycles. The van der Waals surface area contributed by atoms with E-state index >= 15 is 0 Å². The van der Waals surface area contributed by atoms with E-state index in [4.69, 9.17) is 0 Å². The van der Waals surface area contributed by atoms with E-state index in [0.717, 1.165) is 10.7 Å². The van der Waals surface area contributed by atoms with Gasteiger partial charge in [0.15, 0.2) is 0 Å². The van der Waals surface area contributed by atoms with Crippen LogP contribution < -0.4 is 5.32 Å². The number of carbonyl (C=O) groups excluding carboxylic acids is 2. The molecule has 3 rings (SSSR count). The summed E-state index contributed by atoms with van der Waals surface area (Å²) in [4.78, 5) is 26.5. The molecule has 0 saturated carbocycles. The highest BCUT2D eigenvalue weighted by molar-refractivity contribution is 9.10. The highest BCUT2D eigenvalue weighted by Gasteiger charge is 2.41. The van der Waals surface area contributed by atoms with Crippen LogP contribution in [0.5, 0.6) is 0 Å². The van der Waals surface area contributed by atoms with E-state index in [0.29, 0.717) is 11.3 Å². The van der Waals surface area contributed by atoms with Crippen LogP contribution in [-0.2, 0) is 14.8 Å². The lowest BCUT2D eigenvalue weighted by Crippen LogP contribution is -2.59. The van der Waals surface area contributed by atoms with Gasteiger partial charge in [0, 0.05) is 24.1 Å². The lowest BCUT2D eigenvalue weighted by atomic mass is 10.1. The van der Waals surface area contributed by atoms with Gasteiger partial charge in [-0.05, 0) is 18.2 Å². The smallest absolute Gasteiger partial charge is 0.256 e. The molecule has 1 aromatic carbocycles. The number of carbonyl (C=O) groups is 2. The van der Waals surface area contributed by atoms with Crippen LogP contribution in [0.15, 0.2) is 22.7 Å². The van der Waals surface area contributed by atoms with Crippen LogP contribution in [0.4, 0.5) is 5.69 Å². The predicted molar refractivity (Wildman–Crippen MR) is 84.0 cm³/mol. The van der Waals surface area contributed by atoms with Crippen molar-refractivity contribution in [3.63, 3.8) is 0 Å². The van der Waals surface area contributed by atoms with Crippen LogP contribution in [-0.4, -0.2) is 61.4 Å². The quantitative estimate of drug-likeness (QED) is 0.759. The summed E-state index contributed by atoms with van der Waals surface area (Å²) in [6, 6.07) is 4.23. The number of nitrogens with zero attached hydrogens (tertiary/aromatic N) is 2. The molecule has 2 amide bonds. The number of sulfonamides is 1. The molecule has 118 valence electrons. The second-order valence-electron chi connectivity index (χ2n) is 5.31. The lowest BCUT2D eigenvalue weighted by molar-refractivity contribution is -0.121. The molecule has 2 heterocycles. The summed E-state index contributed by atoms with van der Waals surface area (Å²) in [7, 11) is -3.40. The Morgan fingerprint density at radius 3 is 2.68 bits per heavy atom. The average Bonchev–Trinajstić information content (AvgIpc) is 2.55. The lowest BCUT2D eigenvalue weighted by Gasteiger charge is -2.38. The third-order valence-corrected chi connectivity index (χ3v) is 5.61. The van der Waals surface area contributed by atoms with Crippen molar-refractivity contribution >= 4 is 43.5 Å². The van der Waals surface area contributed by atoms with Crippen molar-refractivity contribution in [3.8, 4) is 0 Å². The van der Waals surface area contributed by atoms with Crippen molar-refractivity contribution in [1.82, 2.24) is 9.21 Å². The summed E-state index contributed by atoms with van der Waals surface area (Å²) in [5, 5.41) is 2.71. The third kappa shape index (κ3) is 2.64. The predicted octanol–water partition coefficient (Wildman–Crippen LogP) is 0.487. The molecule has 0 spiro atoms. The van der Waals surface area contributed by atoms with Gasteiger partial charge in [-0.25, -0.2) is 8.42 Å². The van der Waals surface area contributed by atoms with Gasteiger partial charge in [0.25, 0.3) is 5.91 Å². The van der Waals surface area contributed by atoms with E-state index in [1.807, 2.05) is 0 Å². The molecule has 1 saturated heterocycles. The van der Waals surface area contributed by atoms with Crippen LogP contribution in [0.25, 0.3) is 0 Å². The minimum absolute atomic E-state index is 0.0223. The molecule has 7 nitrogen and oxygen atoms in total. The van der Waals surface area contributed by atoms with Gasteiger partial charge in [0.05, 0.1) is 17.5 Å². The zero-order valence-electron chi connectivity index (χ0n) is 11.7. The maximum absolute atomic E-state index is 12.7. The van der Waals surface area contributed by atoms with Crippen LogP contribution in [0.3, 0.4) is 0 Å². The first-order valence-corrected chi connectivity index (χ1v) is 9.28. The van der Waals surface area contributed by atoms with Crippen LogP contribution in [0.1, 0.15) is 10.4 Å². The maximum Gasteiger partial charge on any atom is 0.256 e. The molecule has 2 aliphatic rings. The van der Waals surface area contributed by atoms with Crippen LogP contribution in [0.2, 0.25) is 0 Å². The van der Waals surface area contributed by atoms with Gasteiger partial charge in [0.2, 0.25) is 15.9 Å². The summed E-state index contributed by atoms with van der Waals surface area (Å²) < 4.78 is 25.3. The van der Waals surface area contributed by atoms with Gasteiger partial charge in [-0.1, -0.05) is 15.9 Å². The summed E-state index contributed by atoms with van der Waals surface area (Å²) in [6.07, 6.45) is 1.10. The van der Waals surface area contributed by atoms with Crippen molar-refractivity contribution < 1.29 is 18.0 Å². The molecule has 0 bridgehead atoms. The Morgan fingerprint density at radius 2 is 2.00 bits per heavy atom. The van der Waals surface area contributed by atoms with E-state index in [2.05, 4.69) is 21.2 Å². The molecule has 1 aromatic rings. The van der Waals surface area contributed by atoms with E-state index in [-0.39, 0.29) is 31.4 Å². The minimum atomic E-state index is -3.40. The fourth-order valence-corrected chi connectivity index (χ4v) is 3.89. The van der Waals surface area contributed by atoms with Crippen molar-refractivity contribution in [2.75, 3.05) is 31.2 Å². The number of nitrogens with one attached hydrogen (secondary N) is 1. The standard InChI is InChI=1S/C13H14BrN3O4S/c1-22(20,21)16-4-5-17-11(7-16)12(18)15-10-3-2-8(14)6-9(10)13(17)19/h2-3,6,11H,4-5,7H2,1H3,(H,15,18)/t11-/m1/s1. The number of hydrogen-bond acceptors (Lipinski definition) is 4. The molecule has 0 radical (unpaired) electrons. The average molecular weight is 388 g/mol. The van der Waals surface area contributed by atoms with Crippen LogP contribution >= 0.6 is 15.9 Å². The van der Waals surface area contributed by atoms with Gasteiger partial charge in [0.1, 0.15) is 6.04 Å². The Kier molecular flexibility index (Phi) is 3.74. The number of amides is 2. The normalized spacial score (nSPS) is 22.6. The molecular weight excluding hydrogens is 374 g/mol. The van der Waals surface area contributed by atoms with Gasteiger partial charge < -0.3 is 10.2 Å². The Labute approximate surface area is 136 Å². The van der Waals surface area contributed by atoms with E-state index < -0.39 is 16.1 Å². The van der Waals surface area contributed by atoms with Gasteiger partial charge >= 0.3 is 0 Å². The first-order chi connectivity index (χ1) is 10.3. The molecule has 0 unspecified atom stereocenters. The van der Waals surface area contributed by atoms with E-state index in [1.54, 1.807) is 18.2 Å². The summed E-state index contributed by atoms with van der Waals surface area (Å²) in [6.45, 7) is 0.360. The molecule has 1 fully saturated rings. The zero-order valence-corrected chi connectivity index (χ0v) is 14.1. The number of hydrogen-bond donors (Lipinski definition) is 1. The highest BCUT2D eigenvalue weighted by Crippen LogP contribution is 2.28. The second kappa shape index (κ2) is 5.32. The number of fused-ring (bicyclic) bond motifs is 2. The summed E-state index contributed by atoms with van der Waals surface area (Å²) in [5.74, 6) is -0.643. The number of anilines is 1. The van der Waals surface area contributed by atoms with Gasteiger partial charge in [-0.3, -0.25) is 9.59 Å². The summed E-state index contributed by atoms with van der Waals surface area (Å²) >= 11 is 3.31. The molecule has 9 heteroatoms. The van der Waals surface area contributed by atoms with Crippen molar-refractivity contribution in [3.05, 3.63) is 28.2 Å². The topological polar surface area (TPSA) is 86.8 Å². The largest absolute Gasteiger partial charge is 0.324 e. The number of piperazine rings is 1. The molecule has 0 aliphatic carbocycles. The first kappa shape index (κ1) is 15.4. The highest BCUT2D eigenvalue weighted by atomic mass is 79.9. The SMILES string of the molecule is CS(=O)(=O)N1CCN2C(=O)c3cc(Br)ccc3NC(=O)[C@H]2C1. The second-order valence-corrected chi connectivity index (χ2v) is 8.21. The molecule has 1 atom stereocenters. The van der Waals surface area contributed by atoms with E-state index in [1.165, 1.54) is 9.21 Å². The zero-order chi connectivity index (χ0) is 16.1. The third-order valence-electron chi connectivity index (χ3n) is 3.85. The Morgan fingerprint density at radius 1 is 1.27 bits per heavy atom. The molecular formula is C13H14BrN3O4S. The van der Waals surface area contributed by atoms with Crippen molar-refractivity contribution in [2.24, 2.45) is 0 Å². The van der Waals surface area contributed by atoms with Gasteiger partial charge in [-0.15, -0.1) is 0 Å². The van der Waals surface area contributed by atoms with Crippen molar-refractivity contribution in [1.29, 1.82) is 0 Å². The fourth-order valence-electron chi connectivity index (χ4n) is 2.70. The Balaban J connectivity index is 1.99. The Bertz CT molecular complexity index is 765. The fraction of sp³-hybridized carbons (Fsp3) is 0.385. The first-order valence-electron chi connectivity index (χ1n) is 6.64. The number of halogens is 1.